The molecule has 2 atom stereocenters. The number of Topliss-reactive ketones (excluding diaryl/α,β-unsaturated/α-hetero) is 1. The number of carbonyl (C=O) groups is 1. The summed E-state index contributed by atoms with van der Waals surface area (Å²) in [6.45, 7) is 1.47. The van der Waals surface area contributed by atoms with Gasteiger partial charge in [0.15, 0.2) is 5.78 Å². The van der Waals surface area contributed by atoms with Crippen LogP contribution in [0, 0.1) is 5.92 Å². The van der Waals surface area contributed by atoms with E-state index >= 15 is 0 Å². The van der Waals surface area contributed by atoms with E-state index in [4.69, 9.17) is 9.47 Å². The van der Waals surface area contributed by atoms with E-state index in [9.17, 15) is 4.79 Å². The standard InChI is InChI=1S/C17H20O3S/c18-16(13-1-2-15-12(9-13)3-6-19-15)14-4-7-20-17(10-14)5-8-21-11-17/h1-2,9,14H,3-8,10-11H2. The fourth-order valence-electron chi connectivity index (χ4n) is 3.69. The summed E-state index contributed by atoms with van der Waals surface area (Å²) < 4.78 is 11.5. The van der Waals surface area contributed by atoms with Gasteiger partial charge < -0.3 is 9.47 Å². The zero-order valence-corrected chi connectivity index (χ0v) is 12.9. The second-order valence-corrected chi connectivity index (χ2v) is 7.41. The third-order valence-corrected chi connectivity index (χ3v) is 6.13. The fourth-order valence-corrected chi connectivity index (χ4v) is 5.07. The van der Waals surface area contributed by atoms with Gasteiger partial charge in [-0.2, -0.15) is 11.8 Å². The highest BCUT2D eigenvalue weighted by Crippen LogP contribution is 2.41. The van der Waals surface area contributed by atoms with E-state index in [1.54, 1.807) is 0 Å². The van der Waals surface area contributed by atoms with Gasteiger partial charge in [0.1, 0.15) is 5.75 Å². The summed E-state index contributed by atoms with van der Waals surface area (Å²) >= 11 is 1.95. The molecule has 0 saturated carbocycles. The Balaban J connectivity index is 1.54. The molecule has 2 fully saturated rings. The Bertz CT molecular complexity index is 563. The zero-order valence-electron chi connectivity index (χ0n) is 12.1. The van der Waals surface area contributed by atoms with Crippen molar-refractivity contribution < 1.29 is 14.3 Å². The molecule has 3 aliphatic rings. The van der Waals surface area contributed by atoms with Crippen molar-refractivity contribution in [2.24, 2.45) is 5.92 Å². The van der Waals surface area contributed by atoms with Gasteiger partial charge in [-0.1, -0.05) is 0 Å². The Kier molecular flexibility index (Phi) is 3.46. The molecule has 0 amide bonds. The summed E-state index contributed by atoms with van der Waals surface area (Å²) in [6, 6.07) is 5.92. The lowest BCUT2D eigenvalue weighted by molar-refractivity contribution is -0.0734. The molecule has 3 heterocycles. The Morgan fingerprint density at radius 2 is 2.29 bits per heavy atom. The Labute approximate surface area is 129 Å². The van der Waals surface area contributed by atoms with Gasteiger partial charge in [-0.05, 0) is 48.8 Å². The van der Waals surface area contributed by atoms with Crippen molar-refractivity contribution in [1.82, 2.24) is 0 Å². The molecule has 3 nitrogen and oxygen atoms in total. The van der Waals surface area contributed by atoms with Gasteiger partial charge in [0.25, 0.3) is 0 Å². The van der Waals surface area contributed by atoms with Crippen molar-refractivity contribution in [3.05, 3.63) is 29.3 Å². The maximum Gasteiger partial charge on any atom is 0.166 e. The van der Waals surface area contributed by atoms with Crippen LogP contribution in [-0.4, -0.2) is 36.1 Å². The molecule has 2 saturated heterocycles. The smallest absolute Gasteiger partial charge is 0.166 e. The predicted molar refractivity (Wildman–Crippen MR) is 83.3 cm³/mol. The van der Waals surface area contributed by atoms with E-state index in [0.717, 1.165) is 61.7 Å². The highest BCUT2D eigenvalue weighted by Gasteiger charge is 2.42. The number of benzene rings is 1. The van der Waals surface area contributed by atoms with Gasteiger partial charge >= 0.3 is 0 Å². The minimum absolute atomic E-state index is 0.0247. The highest BCUT2D eigenvalue weighted by molar-refractivity contribution is 7.99. The van der Waals surface area contributed by atoms with Crippen LogP contribution in [0.5, 0.6) is 5.75 Å². The van der Waals surface area contributed by atoms with E-state index in [1.165, 1.54) is 5.56 Å². The lowest BCUT2D eigenvalue weighted by Crippen LogP contribution is -2.42. The van der Waals surface area contributed by atoms with Crippen molar-refractivity contribution in [2.45, 2.75) is 31.3 Å². The van der Waals surface area contributed by atoms with Crippen LogP contribution in [-0.2, 0) is 11.2 Å². The molecule has 0 radical (unpaired) electrons. The first-order chi connectivity index (χ1) is 10.3. The summed E-state index contributed by atoms with van der Waals surface area (Å²) in [7, 11) is 0. The third-order valence-electron chi connectivity index (χ3n) is 4.90. The van der Waals surface area contributed by atoms with Gasteiger partial charge in [-0.15, -0.1) is 0 Å². The summed E-state index contributed by atoms with van der Waals surface area (Å²) in [5.41, 5.74) is 2.01. The van der Waals surface area contributed by atoms with Gasteiger partial charge in [0.2, 0.25) is 0 Å². The first-order valence-electron chi connectivity index (χ1n) is 7.77. The van der Waals surface area contributed by atoms with Crippen LogP contribution in [0.3, 0.4) is 0 Å². The zero-order chi connectivity index (χ0) is 14.3. The average Bonchev–Trinajstić information content (AvgIpc) is 3.15. The molecule has 4 rings (SSSR count). The number of ether oxygens (including phenoxy) is 2. The minimum atomic E-state index is -0.0247. The predicted octanol–water partition coefficient (Wildman–Crippen LogP) is 3.11. The second-order valence-electron chi connectivity index (χ2n) is 6.31. The molecule has 21 heavy (non-hydrogen) atoms. The van der Waals surface area contributed by atoms with Crippen LogP contribution in [0.4, 0.5) is 0 Å². The molecule has 112 valence electrons. The lowest BCUT2D eigenvalue weighted by Gasteiger charge is -2.37. The number of fused-ring (bicyclic) bond motifs is 1. The Morgan fingerprint density at radius 3 is 3.14 bits per heavy atom. The Hall–Kier alpha value is -1.00. The number of hydrogen-bond acceptors (Lipinski definition) is 4. The molecule has 1 spiro atoms. The molecule has 1 aromatic carbocycles. The van der Waals surface area contributed by atoms with E-state index in [-0.39, 0.29) is 11.5 Å². The maximum atomic E-state index is 12.8. The lowest BCUT2D eigenvalue weighted by atomic mass is 9.81. The van der Waals surface area contributed by atoms with E-state index < -0.39 is 0 Å². The number of thioether (sulfide) groups is 1. The second kappa shape index (κ2) is 5.33. The van der Waals surface area contributed by atoms with Gasteiger partial charge in [0, 0.05) is 30.3 Å². The first-order valence-corrected chi connectivity index (χ1v) is 8.93. The maximum absolute atomic E-state index is 12.8. The van der Waals surface area contributed by atoms with E-state index in [1.807, 2.05) is 30.0 Å². The van der Waals surface area contributed by atoms with Crippen LogP contribution in [0.15, 0.2) is 18.2 Å². The summed E-state index contributed by atoms with van der Waals surface area (Å²) in [6.07, 6.45) is 3.77. The number of carbonyl (C=O) groups excluding carboxylic acids is 1. The summed E-state index contributed by atoms with van der Waals surface area (Å²) in [5.74, 6) is 3.58. The average molecular weight is 304 g/mol. The molecule has 0 N–H and O–H groups in total. The van der Waals surface area contributed by atoms with E-state index in [0.29, 0.717) is 5.78 Å². The minimum Gasteiger partial charge on any atom is -0.493 e. The SMILES string of the molecule is O=C(c1ccc2c(c1)CCO2)C1CCOC2(CCSC2)C1. The van der Waals surface area contributed by atoms with Crippen molar-refractivity contribution in [3.8, 4) is 5.75 Å². The molecule has 1 aromatic rings. The van der Waals surface area contributed by atoms with Crippen LogP contribution in [0.2, 0.25) is 0 Å². The number of hydrogen-bond donors (Lipinski definition) is 0. The van der Waals surface area contributed by atoms with E-state index in [2.05, 4.69) is 0 Å². The molecule has 0 aromatic heterocycles. The molecule has 2 unspecified atom stereocenters. The monoisotopic (exact) mass is 304 g/mol. The molecule has 3 aliphatic heterocycles. The first kappa shape index (κ1) is 13.6. The van der Waals surface area contributed by atoms with Gasteiger partial charge in [-0.25, -0.2) is 0 Å². The fraction of sp³-hybridized carbons (Fsp3) is 0.588. The van der Waals surface area contributed by atoms with Crippen molar-refractivity contribution in [2.75, 3.05) is 24.7 Å². The van der Waals surface area contributed by atoms with Crippen LogP contribution >= 0.6 is 11.8 Å². The van der Waals surface area contributed by atoms with Crippen LogP contribution in [0.1, 0.15) is 35.2 Å². The molecule has 4 heteroatoms. The summed E-state index contributed by atoms with van der Waals surface area (Å²) in [4.78, 5) is 12.8. The number of rotatable bonds is 2. The van der Waals surface area contributed by atoms with Crippen LogP contribution in [0.25, 0.3) is 0 Å². The normalized spacial score (nSPS) is 31.1. The highest BCUT2D eigenvalue weighted by atomic mass is 32.2. The van der Waals surface area contributed by atoms with Gasteiger partial charge in [0.05, 0.1) is 12.2 Å². The van der Waals surface area contributed by atoms with Gasteiger partial charge in [-0.3, -0.25) is 4.79 Å². The van der Waals surface area contributed by atoms with Crippen molar-refractivity contribution in [3.63, 3.8) is 0 Å². The van der Waals surface area contributed by atoms with Crippen molar-refractivity contribution >= 4 is 17.5 Å². The Morgan fingerprint density at radius 1 is 1.33 bits per heavy atom. The van der Waals surface area contributed by atoms with Crippen molar-refractivity contribution in [1.29, 1.82) is 0 Å². The molecule has 0 bridgehead atoms. The molecular formula is C17H20O3S. The number of ketones is 1. The third kappa shape index (κ3) is 2.49. The largest absolute Gasteiger partial charge is 0.493 e. The molecular weight excluding hydrogens is 284 g/mol. The summed E-state index contributed by atoms with van der Waals surface area (Å²) in [5, 5.41) is 0. The van der Waals surface area contributed by atoms with Crippen LogP contribution < -0.4 is 4.74 Å². The quantitative estimate of drug-likeness (QED) is 0.787. The topological polar surface area (TPSA) is 35.5 Å². The molecule has 0 aliphatic carbocycles.